The molecule has 0 spiro atoms. The zero-order valence-electron chi connectivity index (χ0n) is 12.9. The Labute approximate surface area is 130 Å². The summed E-state index contributed by atoms with van der Waals surface area (Å²) >= 11 is 0. The van der Waals surface area contributed by atoms with Gasteiger partial charge in [0.15, 0.2) is 0 Å². The van der Waals surface area contributed by atoms with Gasteiger partial charge >= 0.3 is 11.9 Å². The SMILES string of the molecule is COC(=O)[C@H]1C(OC(=O)c2ccccc2)C[C@@H]2CC[C@H]1N2C. The highest BCUT2D eigenvalue weighted by Gasteiger charge is 2.50. The molecule has 2 fully saturated rings. The fraction of sp³-hybridized carbons (Fsp3) is 0.529. The van der Waals surface area contributed by atoms with E-state index in [-0.39, 0.29) is 18.0 Å². The molecule has 22 heavy (non-hydrogen) atoms. The molecule has 2 heterocycles. The van der Waals surface area contributed by atoms with Gasteiger partial charge in [-0.3, -0.25) is 9.69 Å². The van der Waals surface area contributed by atoms with Crippen LogP contribution in [0.2, 0.25) is 0 Å². The third kappa shape index (κ3) is 2.61. The van der Waals surface area contributed by atoms with Gasteiger partial charge in [0.2, 0.25) is 0 Å². The molecule has 1 unspecified atom stereocenters. The lowest BCUT2D eigenvalue weighted by atomic mass is 9.87. The van der Waals surface area contributed by atoms with E-state index in [0.717, 1.165) is 12.8 Å². The molecule has 0 saturated carbocycles. The number of carbonyl (C=O) groups is 2. The molecule has 2 aliphatic heterocycles. The first-order valence-electron chi connectivity index (χ1n) is 7.67. The Kier molecular flexibility index (Phi) is 4.16. The number of esters is 2. The first kappa shape index (κ1) is 15.0. The number of benzene rings is 1. The number of piperidine rings is 1. The van der Waals surface area contributed by atoms with Crippen molar-refractivity contribution >= 4 is 11.9 Å². The summed E-state index contributed by atoms with van der Waals surface area (Å²) in [5.74, 6) is -1.06. The molecule has 5 nitrogen and oxygen atoms in total. The van der Waals surface area contributed by atoms with Gasteiger partial charge < -0.3 is 9.47 Å². The van der Waals surface area contributed by atoms with E-state index in [1.165, 1.54) is 7.11 Å². The largest absolute Gasteiger partial charge is 0.469 e. The summed E-state index contributed by atoms with van der Waals surface area (Å²) in [6, 6.07) is 9.36. The van der Waals surface area contributed by atoms with Gasteiger partial charge in [-0.1, -0.05) is 18.2 Å². The van der Waals surface area contributed by atoms with Crippen LogP contribution in [0.15, 0.2) is 30.3 Å². The van der Waals surface area contributed by atoms with E-state index in [1.807, 2.05) is 13.1 Å². The summed E-state index contributed by atoms with van der Waals surface area (Å²) in [5.41, 5.74) is 0.511. The summed E-state index contributed by atoms with van der Waals surface area (Å²) in [6.07, 6.45) is 2.26. The summed E-state index contributed by atoms with van der Waals surface area (Å²) < 4.78 is 10.6. The molecule has 3 rings (SSSR count). The number of nitrogens with zero attached hydrogens (tertiary/aromatic N) is 1. The maximum Gasteiger partial charge on any atom is 0.338 e. The van der Waals surface area contributed by atoms with Crippen molar-refractivity contribution in [1.82, 2.24) is 4.90 Å². The highest BCUT2D eigenvalue weighted by Crippen LogP contribution is 2.40. The zero-order chi connectivity index (χ0) is 15.7. The molecule has 1 aromatic rings. The standard InChI is InChI=1S/C17H21NO4/c1-18-12-8-9-13(18)15(17(20)21-2)14(10-12)22-16(19)11-6-4-3-5-7-11/h3-7,12-15H,8-10H2,1-2H3/t12-,13+,14?,15+/m0/s1. The normalized spacial score (nSPS) is 30.8. The van der Waals surface area contributed by atoms with E-state index in [2.05, 4.69) is 4.90 Å². The lowest BCUT2D eigenvalue weighted by Gasteiger charge is -2.40. The quantitative estimate of drug-likeness (QED) is 0.798. The van der Waals surface area contributed by atoms with Crippen molar-refractivity contribution in [3.8, 4) is 0 Å². The molecular weight excluding hydrogens is 282 g/mol. The first-order chi connectivity index (χ1) is 10.6. The predicted octanol–water partition coefficient (Wildman–Crippen LogP) is 1.87. The second-order valence-corrected chi connectivity index (χ2v) is 6.06. The second-order valence-electron chi connectivity index (χ2n) is 6.06. The van der Waals surface area contributed by atoms with E-state index in [1.54, 1.807) is 24.3 Å². The number of fused-ring (bicyclic) bond motifs is 2. The number of carbonyl (C=O) groups excluding carboxylic acids is 2. The van der Waals surface area contributed by atoms with Crippen molar-refractivity contribution in [2.24, 2.45) is 5.92 Å². The molecule has 0 amide bonds. The fourth-order valence-electron chi connectivity index (χ4n) is 3.77. The lowest BCUT2D eigenvalue weighted by Crippen LogP contribution is -2.53. The Morgan fingerprint density at radius 3 is 2.59 bits per heavy atom. The van der Waals surface area contributed by atoms with Crippen LogP contribution in [0.25, 0.3) is 0 Å². The maximum absolute atomic E-state index is 12.3. The van der Waals surface area contributed by atoms with Crippen LogP contribution in [0.5, 0.6) is 0 Å². The fourth-order valence-corrected chi connectivity index (χ4v) is 3.77. The van der Waals surface area contributed by atoms with Crippen LogP contribution in [-0.2, 0) is 14.3 Å². The van der Waals surface area contributed by atoms with E-state index in [4.69, 9.17) is 9.47 Å². The Bertz CT molecular complexity index is 559. The minimum atomic E-state index is -0.408. The minimum absolute atomic E-state index is 0.0970. The Balaban J connectivity index is 1.79. The summed E-state index contributed by atoms with van der Waals surface area (Å²) in [5, 5.41) is 0. The van der Waals surface area contributed by atoms with Gasteiger partial charge in [0.1, 0.15) is 12.0 Å². The number of hydrogen-bond acceptors (Lipinski definition) is 5. The Hall–Kier alpha value is -1.88. The number of ether oxygens (including phenoxy) is 2. The zero-order valence-corrected chi connectivity index (χ0v) is 12.9. The number of hydrogen-bond donors (Lipinski definition) is 0. The summed E-state index contributed by atoms with van der Waals surface area (Å²) in [7, 11) is 3.42. The molecule has 2 saturated heterocycles. The molecule has 1 aromatic carbocycles. The molecule has 0 aromatic heterocycles. The van der Waals surface area contributed by atoms with Crippen molar-refractivity contribution in [1.29, 1.82) is 0 Å². The summed E-state index contributed by atoms with van der Waals surface area (Å²) in [6.45, 7) is 0. The van der Waals surface area contributed by atoms with Gasteiger partial charge in [-0.2, -0.15) is 0 Å². The van der Waals surface area contributed by atoms with Gasteiger partial charge in [-0.05, 0) is 32.0 Å². The average Bonchev–Trinajstić information content (AvgIpc) is 2.78. The van der Waals surface area contributed by atoms with Crippen LogP contribution in [0.3, 0.4) is 0 Å². The van der Waals surface area contributed by atoms with Crippen molar-refractivity contribution < 1.29 is 19.1 Å². The van der Waals surface area contributed by atoms with Gasteiger partial charge in [0.25, 0.3) is 0 Å². The molecule has 118 valence electrons. The van der Waals surface area contributed by atoms with Crippen LogP contribution >= 0.6 is 0 Å². The first-order valence-corrected chi connectivity index (χ1v) is 7.67. The molecular formula is C17H21NO4. The van der Waals surface area contributed by atoms with Gasteiger partial charge in [-0.25, -0.2) is 4.79 Å². The van der Waals surface area contributed by atoms with Crippen molar-refractivity contribution in [2.45, 2.75) is 37.5 Å². The monoisotopic (exact) mass is 303 g/mol. The van der Waals surface area contributed by atoms with Crippen LogP contribution in [0, 0.1) is 5.92 Å². The highest BCUT2D eigenvalue weighted by atomic mass is 16.6. The molecule has 5 heteroatoms. The third-order valence-electron chi connectivity index (χ3n) is 4.96. The van der Waals surface area contributed by atoms with Gasteiger partial charge in [0.05, 0.1) is 12.7 Å². The molecule has 2 bridgehead atoms. The van der Waals surface area contributed by atoms with Gasteiger partial charge in [0, 0.05) is 18.5 Å². The van der Waals surface area contributed by atoms with Crippen LogP contribution in [0.1, 0.15) is 29.6 Å². The van der Waals surface area contributed by atoms with Crippen LogP contribution in [0.4, 0.5) is 0 Å². The predicted molar refractivity (Wildman–Crippen MR) is 80.3 cm³/mol. The molecule has 0 radical (unpaired) electrons. The third-order valence-corrected chi connectivity index (χ3v) is 4.96. The summed E-state index contributed by atoms with van der Waals surface area (Å²) in [4.78, 5) is 26.7. The molecule has 4 atom stereocenters. The van der Waals surface area contributed by atoms with Crippen molar-refractivity contribution in [3.63, 3.8) is 0 Å². The second kappa shape index (κ2) is 6.08. The van der Waals surface area contributed by atoms with Crippen molar-refractivity contribution in [2.75, 3.05) is 14.2 Å². The number of rotatable bonds is 3. The van der Waals surface area contributed by atoms with Crippen LogP contribution < -0.4 is 0 Å². The molecule has 0 aliphatic carbocycles. The topological polar surface area (TPSA) is 55.8 Å². The van der Waals surface area contributed by atoms with E-state index >= 15 is 0 Å². The van der Waals surface area contributed by atoms with Crippen LogP contribution in [-0.4, -0.2) is 49.2 Å². The smallest absolute Gasteiger partial charge is 0.338 e. The van der Waals surface area contributed by atoms with Crippen molar-refractivity contribution in [3.05, 3.63) is 35.9 Å². The van der Waals surface area contributed by atoms with E-state index < -0.39 is 12.0 Å². The van der Waals surface area contributed by atoms with E-state index in [0.29, 0.717) is 18.0 Å². The lowest BCUT2D eigenvalue weighted by molar-refractivity contribution is -0.156. The average molecular weight is 303 g/mol. The van der Waals surface area contributed by atoms with E-state index in [9.17, 15) is 9.59 Å². The van der Waals surface area contributed by atoms with Gasteiger partial charge in [-0.15, -0.1) is 0 Å². The maximum atomic E-state index is 12.3. The number of methoxy groups -OCH3 is 1. The molecule has 2 aliphatic rings. The Morgan fingerprint density at radius 2 is 1.91 bits per heavy atom. The highest BCUT2D eigenvalue weighted by molar-refractivity contribution is 5.89. The molecule has 0 N–H and O–H groups in total. The Morgan fingerprint density at radius 1 is 1.18 bits per heavy atom. The minimum Gasteiger partial charge on any atom is -0.469 e.